The lowest BCUT2D eigenvalue weighted by Gasteiger charge is -2.33. The molecular formula is C18H21NO2. The second kappa shape index (κ2) is 4.55. The summed E-state index contributed by atoms with van der Waals surface area (Å²) in [6.45, 7) is 8.31. The van der Waals surface area contributed by atoms with Crippen molar-refractivity contribution in [1.29, 1.82) is 0 Å². The quantitative estimate of drug-likeness (QED) is 0.854. The average Bonchev–Trinajstić information content (AvgIpc) is 2.41. The van der Waals surface area contributed by atoms with Gasteiger partial charge in [0.15, 0.2) is 0 Å². The third kappa shape index (κ3) is 2.03. The number of fused-ring (bicyclic) bond motifs is 2. The van der Waals surface area contributed by atoms with Crippen LogP contribution in [0.15, 0.2) is 12.1 Å². The highest BCUT2D eigenvalue weighted by Gasteiger charge is 2.33. The van der Waals surface area contributed by atoms with E-state index in [9.17, 15) is 9.90 Å². The smallest absolute Gasteiger partial charge is 0.336 e. The van der Waals surface area contributed by atoms with Gasteiger partial charge in [-0.3, -0.25) is 4.98 Å². The summed E-state index contributed by atoms with van der Waals surface area (Å²) < 4.78 is 0. The van der Waals surface area contributed by atoms with Crippen LogP contribution in [0.2, 0.25) is 0 Å². The van der Waals surface area contributed by atoms with Gasteiger partial charge in [-0.25, -0.2) is 4.79 Å². The van der Waals surface area contributed by atoms with Gasteiger partial charge in [-0.2, -0.15) is 0 Å². The van der Waals surface area contributed by atoms with Crippen LogP contribution in [0.1, 0.15) is 59.4 Å². The van der Waals surface area contributed by atoms with Gasteiger partial charge < -0.3 is 5.11 Å². The van der Waals surface area contributed by atoms with Crippen LogP contribution in [0, 0.1) is 13.8 Å². The van der Waals surface area contributed by atoms with Gasteiger partial charge in [-0.05, 0) is 49.8 Å². The number of hydrogen-bond donors (Lipinski definition) is 1. The predicted octanol–water partition coefficient (Wildman–Crippen LogP) is 4.16. The number of aromatic carboxylic acids is 1. The molecule has 1 aromatic carbocycles. The minimum atomic E-state index is -0.829. The van der Waals surface area contributed by atoms with E-state index in [1.54, 1.807) is 0 Å². The molecule has 0 atom stereocenters. The van der Waals surface area contributed by atoms with Crippen molar-refractivity contribution >= 4 is 16.9 Å². The molecule has 1 aliphatic carbocycles. The van der Waals surface area contributed by atoms with Crippen LogP contribution in [0.25, 0.3) is 10.9 Å². The highest BCUT2D eigenvalue weighted by atomic mass is 16.4. The number of carbonyl (C=O) groups is 1. The van der Waals surface area contributed by atoms with E-state index in [-0.39, 0.29) is 5.41 Å². The van der Waals surface area contributed by atoms with Crippen molar-refractivity contribution in [3.05, 3.63) is 40.1 Å². The SMILES string of the molecule is Cc1ccc(C)c2c(C(=O)O)c3c(nc12)C(C)(C)CCC3. The Kier molecular flexibility index (Phi) is 3.05. The summed E-state index contributed by atoms with van der Waals surface area (Å²) in [4.78, 5) is 16.8. The number of pyridine rings is 1. The number of nitrogens with zero attached hydrogens (tertiary/aromatic N) is 1. The van der Waals surface area contributed by atoms with Crippen molar-refractivity contribution in [2.75, 3.05) is 0 Å². The van der Waals surface area contributed by atoms with Crippen LogP contribution >= 0.6 is 0 Å². The Hall–Kier alpha value is -1.90. The highest BCUT2D eigenvalue weighted by Crippen LogP contribution is 2.40. The fourth-order valence-electron chi connectivity index (χ4n) is 3.57. The molecule has 0 radical (unpaired) electrons. The van der Waals surface area contributed by atoms with E-state index < -0.39 is 5.97 Å². The first-order valence-corrected chi connectivity index (χ1v) is 7.49. The molecular weight excluding hydrogens is 262 g/mol. The van der Waals surface area contributed by atoms with E-state index in [1.807, 2.05) is 26.0 Å². The Morgan fingerprint density at radius 3 is 2.57 bits per heavy atom. The second-order valence-corrected chi connectivity index (χ2v) is 6.78. The van der Waals surface area contributed by atoms with Crippen molar-refractivity contribution in [2.45, 2.75) is 52.4 Å². The van der Waals surface area contributed by atoms with Crippen LogP contribution in [0.4, 0.5) is 0 Å². The summed E-state index contributed by atoms with van der Waals surface area (Å²) >= 11 is 0. The molecule has 3 rings (SSSR count). The molecule has 0 fully saturated rings. The van der Waals surface area contributed by atoms with Gasteiger partial charge in [0.1, 0.15) is 0 Å². The molecule has 3 heteroatoms. The number of aryl methyl sites for hydroxylation is 2. The fraction of sp³-hybridized carbons (Fsp3) is 0.444. The molecule has 110 valence electrons. The molecule has 0 unspecified atom stereocenters. The topological polar surface area (TPSA) is 50.2 Å². The van der Waals surface area contributed by atoms with Crippen molar-refractivity contribution in [3.8, 4) is 0 Å². The van der Waals surface area contributed by atoms with Crippen LogP contribution in [-0.2, 0) is 11.8 Å². The number of carboxylic acids is 1. The van der Waals surface area contributed by atoms with Crippen molar-refractivity contribution in [1.82, 2.24) is 4.98 Å². The molecule has 3 nitrogen and oxygen atoms in total. The third-order valence-electron chi connectivity index (χ3n) is 4.73. The monoisotopic (exact) mass is 283 g/mol. The minimum Gasteiger partial charge on any atom is -0.478 e. The summed E-state index contributed by atoms with van der Waals surface area (Å²) in [6.07, 6.45) is 2.90. The molecule has 0 spiro atoms. The normalized spacial score (nSPS) is 16.8. The van der Waals surface area contributed by atoms with Gasteiger partial charge in [0.25, 0.3) is 0 Å². The van der Waals surface area contributed by atoms with Crippen molar-refractivity contribution in [2.24, 2.45) is 0 Å². The molecule has 0 bridgehead atoms. The van der Waals surface area contributed by atoms with E-state index in [1.165, 1.54) is 0 Å². The molecule has 0 saturated carbocycles. The predicted molar refractivity (Wildman–Crippen MR) is 84.1 cm³/mol. The second-order valence-electron chi connectivity index (χ2n) is 6.78. The number of aromatic nitrogens is 1. The molecule has 2 aromatic rings. The molecule has 0 amide bonds. The Bertz CT molecular complexity index is 760. The number of carboxylic acid groups (broad SMARTS) is 1. The summed E-state index contributed by atoms with van der Waals surface area (Å²) in [7, 11) is 0. The Morgan fingerprint density at radius 2 is 1.90 bits per heavy atom. The largest absolute Gasteiger partial charge is 0.478 e. The van der Waals surface area contributed by atoms with Crippen molar-refractivity contribution < 1.29 is 9.90 Å². The number of hydrogen-bond acceptors (Lipinski definition) is 2. The molecule has 21 heavy (non-hydrogen) atoms. The zero-order valence-electron chi connectivity index (χ0n) is 13.1. The summed E-state index contributed by atoms with van der Waals surface area (Å²) in [5.74, 6) is -0.829. The highest BCUT2D eigenvalue weighted by molar-refractivity contribution is 6.06. The summed E-state index contributed by atoms with van der Waals surface area (Å²) in [6, 6.07) is 4.02. The number of benzene rings is 1. The van der Waals surface area contributed by atoms with Crippen LogP contribution in [0.3, 0.4) is 0 Å². The zero-order chi connectivity index (χ0) is 15.4. The Balaban J connectivity index is 2.53. The minimum absolute atomic E-state index is 0.0534. The van der Waals surface area contributed by atoms with Crippen LogP contribution < -0.4 is 0 Å². The first kappa shape index (κ1) is 14.1. The molecule has 0 saturated heterocycles. The summed E-state index contributed by atoms with van der Waals surface area (Å²) in [5.41, 5.74) is 5.23. The Labute approximate surface area is 125 Å². The van der Waals surface area contributed by atoms with Gasteiger partial charge in [-0.15, -0.1) is 0 Å². The molecule has 0 aliphatic heterocycles. The molecule has 1 N–H and O–H groups in total. The van der Waals surface area contributed by atoms with Crippen LogP contribution in [0.5, 0.6) is 0 Å². The van der Waals surface area contributed by atoms with Gasteiger partial charge in [0.2, 0.25) is 0 Å². The van der Waals surface area contributed by atoms with E-state index in [4.69, 9.17) is 4.98 Å². The molecule has 1 aromatic heterocycles. The maximum absolute atomic E-state index is 11.9. The van der Waals surface area contributed by atoms with E-state index in [0.717, 1.165) is 52.5 Å². The van der Waals surface area contributed by atoms with E-state index >= 15 is 0 Å². The Morgan fingerprint density at radius 1 is 1.24 bits per heavy atom. The maximum Gasteiger partial charge on any atom is 0.336 e. The van der Waals surface area contributed by atoms with Crippen LogP contribution in [-0.4, -0.2) is 16.1 Å². The molecule has 1 aliphatic rings. The average molecular weight is 283 g/mol. The standard InChI is InChI=1S/C18H21NO2/c1-10-7-8-11(2)15-13(10)14(17(20)21)12-6-5-9-18(3,4)16(12)19-15/h7-8H,5-6,9H2,1-4H3,(H,20,21). The first-order chi connectivity index (χ1) is 9.83. The lowest BCUT2D eigenvalue weighted by molar-refractivity contribution is 0.0697. The maximum atomic E-state index is 11.9. The zero-order valence-corrected chi connectivity index (χ0v) is 13.1. The van der Waals surface area contributed by atoms with Crippen molar-refractivity contribution in [3.63, 3.8) is 0 Å². The third-order valence-corrected chi connectivity index (χ3v) is 4.73. The number of rotatable bonds is 1. The lowest BCUT2D eigenvalue weighted by atomic mass is 9.74. The first-order valence-electron chi connectivity index (χ1n) is 7.49. The van der Waals surface area contributed by atoms with E-state index in [0.29, 0.717) is 5.56 Å². The van der Waals surface area contributed by atoms with Gasteiger partial charge in [0, 0.05) is 10.8 Å². The van der Waals surface area contributed by atoms with Gasteiger partial charge in [0.05, 0.1) is 16.8 Å². The van der Waals surface area contributed by atoms with E-state index in [2.05, 4.69) is 13.8 Å². The fourth-order valence-corrected chi connectivity index (χ4v) is 3.57. The molecule has 1 heterocycles. The van der Waals surface area contributed by atoms with Gasteiger partial charge in [-0.1, -0.05) is 26.0 Å². The summed E-state index contributed by atoms with van der Waals surface area (Å²) in [5, 5.41) is 10.6. The lowest BCUT2D eigenvalue weighted by Crippen LogP contribution is -2.27. The van der Waals surface area contributed by atoms with Gasteiger partial charge >= 0.3 is 5.97 Å².